The zero-order valence-corrected chi connectivity index (χ0v) is 13.8. The Balaban J connectivity index is 1.64. The lowest BCUT2D eigenvalue weighted by molar-refractivity contribution is 0.705. The second kappa shape index (κ2) is 7.51. The molecule has 0 amide bonds. The maximum Gasteiger partial charge on any atom is 0.0494 e. The Hall–Kier alpha value is -0.0600. The first-order chi connectivity index (χ1) is 8.74. The van der Waals surface area contributed by atoms with Gasteiger partial charge in [0.25, 0.3) is 0 Å². The predicted octanol–water partition coefficient (Wildman–Crippen LogP) is 5.45. The van der Waals surface area contributed by atoms with Crippen LogP contribution in [0.2, 0.25) is 0 Å². The van der Waals surface area contributed by atoms with Crippen LogP contribution in [-0.2, 0) is 0 Å². The molecule has 1 heterocycles. The van der Waals surface area contributed by atoms with Gasteiger partial charge in [-0.2, -0.15) is 0 Å². The zero-order valence-electron chi connectivity index (χ0n) is 10.6. The average Bonchev–Trinajstić information content (AvgIpc) is 2.39. The second-order valence-electron chi connectivity index (χ2n) is 4.48. The van der Waals surface area contributed by atoms with Crippen LogP contribution in [0, 0.1) is 0 Å². The molecule has 0 radical (unpaired) electrons. The maximum atomic E-state index is 3.43. The van der Waals surface area contributed by atoms with E-state index in [0.29, 0.717) is 0 Å². The number of nitrogens with zero attached hydrogens (tertiary/aromatic N) is 1. The van der Waals surface area contributed by atoms with E-state index < -0.39 is 0 Å². The quantitative estimate of drug-likeness (QED) is 0.371. The Bertz CT molecular complexity index is 410. The molecule has 0 saturated heterocycles. The molecule has 0 unspecified atom stereocenters. The van der Waals surface area contributed by atoms with Gasteiger partial charge in [-0.3, -0.25) is 0 Å². The first kappa shape index (κ1) is 14.4. The van der Waals surface area contributed by atoms with Crippen LogP contribution in [0.5, 0.6) is 0 Å². The van der Waals surface area contributed by atoms with Crippen molar-refractivity contribution in [3.05, 3.63) is 46.6 Å². The molecule has 18 heavy (non-hydrogen) atoms. The maximum absolute atomic E-state index is 3.43. The molecule has 0 bridgehead atoms. The molecule has 2 rings (SSSR count). The van der Waals surface area contributed by atoms with Gasteiger partial charge in [0, 0.05) is 34.6 Å². The van der Waals surface area contributed by atoms with E-state index in [4.69, 9.17) is 0 Å². The largest absolute Gasteiger partial charge is 0.312 e. The molecule has 1 aliphatic heterocycles. The monoisotopic (exact) mass is 343 g/mol. The van der Waals surface area contributed by atoms with Gasteiger partial charge in [-0.15, -0.1) is 0 Å². The van der Waals surface area contributed by atoms with Gasteiger partial charge in [0.15, 0.2) is 0 Å². The highest BCUT2D eigenvalue weighted by atomic mass is 79.9. The van der Waals surface area contributed by atoms with Crippen LogP contribution in [0.4, 0.5) is 0 Å². The number of hydrogen-bond donors (Lipinski definition) is 0. The highest BCUT2D eigenvalue weighted by Crippen LogP contribution is 2.36. The minimum absolute atomic E-state index is 0.971. The van der Waals surface area contributed by atoms with Gasteiger partial charge < -0.3 is 3.93 Å². The van der Waals surface area contributed by atoms with E-state index >= 15 is 0 Å². The second-order valence-corrected chi connectivity index (χ2v) is 7.93. The minimum Gasteiger partial charge on any atom is -0.312 e. The SMILES string of the molecule is CC1=CC=C(SSCCC2=CCN(Br)C=C2)CC1. The smallest absolute Gasteiger partial charge is 0.0494 e. The molecule has 1 nitrogen and oxygen atoms in total. The van der Waals surface area contributed by atoms with Crippen LogP contribution in [0.3, 0.4) is 0 Å². The van der Waals surface area contributed by atoms with Crippen LogP contribution in [0.1, 0.15) is 26.2 Å². The minimum atomic E-state index is 0.971. The Morgan fingerprint density at radius 1 is 1.33 bits per heavy atom. The lowest BCUT2D eigenvalue weighted by atomic mass is 10.1. The van der Waals surface area contributed by atoms with Crippen molar-refractivity contribution in [3.63, 3.8) is 0 Å². The zero-order chi connectivity index (χ0) is 12.8. The number of allylic oxidation sites excluding steroid dienone is 6. The van der Waals surface area contributed by atoms with Crippen molar-refractivity contribution >= 4 is 37.7 Å². The van der Waals surface area contributed by atoms with Crippen molar-refractivity contribution in [1.29, 1.82) is 0 Å². The molecule has 0 saturated carbocycles. The lowest BCUT2D eigenvalue weighted by Gasteiger charge is -2.15. The summed E-state index contributed by atoms with van der Waals surface area (Å²) in [6, 6.07) is 0. The standard InChI is InChI=1S/C14H18BrNS2/c1-12-2-4-14(5-3-12)18-17-11-8-13-6-9-16(15)10-7-13/h2,4,6-7,9H,3,5,8,10-11H2,1H3. The molecule has 0 aromatic heterocycles. The Morgan fingerprint density at radius 2 is 2.22 bits per heavy atom. The van der Waals surface area contributed by atoms with Gasteiger partial charge >= 0.3 is 0 Å². The van der Waals surface area contributed by atoms with Gasteiger partial charge in [-0.05, 0) is 42.7 Å². The fourth-order valence-electron chi connectivity index (χ4n) is 1.76. The summed E-state index contributed by atoms with van der Waals surface area (Å²) in [4.78, 5) is 1.52. The van der Waals surface area contributed by atoms with Gasteiger partial charge in [0.05, 0.1) is 0 Å². The topological polar surface area (TPSA) is 3.24 Å². The summed E-state index contributed by atoms with van der Waals surface area (Å²) in [5, 5.41) is 0. The van der Waals surface area contributed by atoms with Crippen molar-refractivity contribution in [2.75, 3.05) is 12.3 Å². The van der Waals surface area contributed by atoms with Crippen LogP contribution < -0.4 is 0 Å². The summed E-state index contributed by atoms with van der Waals surface area (Å²) in [6.07, 6.45) is 14.7. The fraction of sp³-hybridized carbons (Fsp3) is 0.429. The summed E-state index contributed by atoms with van der Waals surface area (Å²) in [5.74, 6) is 1.18. The summed E-state index contributed by atoms with van der Waals surface area (Å²) in [6.45, 7) is 3.18. The molecule has 2 aliphatic rings. The van der Waals surface area contributed by atoms with Crippen molar-refractivity contribution < 1.29 is 0 Å². The number of hydrogen-bond acceptors (Lipinski definition) is 3. The highest BCUT2D eigenvalue weighted by Gasteiger charge is 2.05. The number of halogens is 1. The Kier molecular flexibility index (Phi) is 5.99. The van der Waals surface area contributed by atoms with E-state index in [1.165, 1.54) is 34.6 Å². The Morgan fingerprint density at radius 3 is 2.89 bits per heavy atom. The summed E-state index contributed by atoms with van der Waals surface area (Å²) >= 11 is 3.43. The lowest BCUT2D eigenvalue weighted by Crippen LogP contribution is -2.07. The van der Waals surface area contributed by atoms with E-state index in [-0.39, 0.29) is 0 Å². The fourth-order valence-corrected chi connectivity index (χ4v) is 4.26. The van der Waals surface area contributed by atoms with Crippen LogP contribution in [0.15, 0.2) is 46.6 Å². The van der Waals surface area contributed by atoms with E-state index in [1.807, 2.05) is 25.5 Å². The molecule has 0 aromatic rings. The molecule has 0 fully saturated rings. The molecule has 1 aliphatic carbocycles. The van der Waals surface area contributed by atoms with Gasteiger partial charge in [0.1, 0.15) is 0 Å². The average molecular weight is 344 g/mol. The van der Waals surface area contributed by atoms with Gasteiger partial charge in [-0.1, -0.05) is 45.4 Å². The van der Waals surface area contributed by atoms with Crippen molar-refractivity contribution in [2.24, 2.45) is 0 Å². The van der Waals surface area contributed by atoms with E-state index in [1.54, 1.807) is 0 Å². The van der Waals surface area contributed by atoms with Crippen LogP contribution in [0.25, 0.3) is 0 Å². The Labute approximate surface area is 126 Å². The van der Waals surface area contributed by atoms with E-state index in [2.05, 4.69) is 53.6 Å². The van der Waals surface area contributed by atoms with Gasteiger partial charge in [0.2, 0.25) is 0 Å². The summed E-state index contributed by atoms with van der Waals surface area (Å²) in [7, 11) is 3.93. The van der Waals surface area contributed by atoms with Crippen molar-refractivity contribution in [2.45, 2.75) is 26.2 Å². The van der Waals surface area contributed by atoms with Crippen LogP contribution in [-0.4, -0.2) is 16.2 Å². The molecular formula is C14H18BrNS2. The first-order valence-electron chi connectivity index (χ1n) is 6.19. The van der Waals surface area contributed by atoms with Crippen molar-refractivity contribution in [1.82, 2.24) is 3.93 Å². The van der Waals surface area contributed by atoms with Crippen LogP contribution >= 0.6 is 37.7 Å². The predicted molar refractivity (Wildman–Crippen MR) is 88.6 cm³/mol. The van der Waals surface area contributed by atoms with Gasteiger partial charge in [-0.25, -0.2) is 0 Å². The molecule has 98 valence electrons. The highest BCUT2D eigenvalue weighted by molar-refractivity contribution is 9.07. The van der Waals surface area contributed by atoms with E-state index in [0.717, 1.165) is 13.0 Å². The summed E-state index contributed by atoms with van der Waals surface area (Å²) in [5.41, 5.74) is 2.95. The third-order valence-electron chi connectivity index (χ3n) is 2.94. The first-order valence-corrected chi connectivity index (χ1v) is 9.22. The van der Waals surface area contributed by atoms with E-state index in [9.17, 15) is 0 Å². The normalized spacial score (nSPS) is 19.4. The third-order valence-corrected chi connectivity index (χ3v) is 6.00. The molecule has 0 atom stereocenters. The molecule has 0 N–H and O–H groups in total. The number of rotatable bonds is 5. The third kappa shape index (κ3) is 4.90. The molecule has 0 spiro atoms. The molecular weight excluding hydrogens is 326 g/mol. The molecule has 4 heteroatoms. The summed E-state index contributed by atoms with van der Waals surface area (Å²) < 4.78 is 2.01. The van der Waals surface area contributed by atoms with Crippen molar-refractivity contribution in [3.8, 4) is 0 Å². The molecule has 0 aromatic carbocycles.